The van der Waals surface area contributed by atoms with Crippen molar-refractivity contribution in [1.29, 1.82) is 0 Å². The first-order valence-corrected chi connectivity index (χ1v) is 11.1. The highest BCUT2D eigenvalue weighted by Gasteiger charge is 2.40. The Morgan fingerprint density at radius 1 is 0.710 bits per heavy atom. The fourth-order valence-electron chi connectivity index (χ4n) is 4.92. The fraction of sp³-hybridized carbons (Fsp3) is 0.138. The lowest BCUT2D eigenvalue weighted by Gasteiger charge is -2.36. The number of hydrogen-bond acceptors (Lipinski definition) is 1. The number of ketones is 1. The van der Waals surface area contributed by atoms with E-state index in [0.29, 0.717) is 5.02 Å². The predicted molar refractivity (Wildman–Crippen MR) is 128 cm³/mol. The summed E-state index contributed by atoms with van der Waals surface area (Å²) in [5.74, 6) is 0.200. The van der Waals surface area contributed by atoms with Crippen molar-refractivity contribution in [2.45, 2.75) is 18.3 Å². The van der Waals surface area contributed by atoms with Gasteiger partial charge in [-0.1, -0.05) is 109 Å². The lowest BCUT2D eigenvalue weighted by Crippen LogP contribution is -2.29. The zero-order chi connectivity index (χ0) is 21.2. The van der Waals surface area contributed by atoms with Gasteiger partial charge in [0.25, 0.3) is 0 Å². The molecule has 3 aromatic rings. The van der Waals surface area contributed by atoms with Gasteiger partial charge in [-0.15, -0.1) is 0 Å². The summed E-state index contributed by atoms with van der Waals surface area (Å²) >= 11 is 6.17. The maximum absolute atomic E-state index is 14.2. The third-order valence-electron chi connectivity index (χ3n) is 6.36. The lowest BCUT2D eigenvalue weighted by atomic mass is 9.66. The normalized spacial score (nSPS) is 21.1. The van der Waals surface area contributed by atoms with Crippen molar-refractivity contribution in [2.24, 2.45) is 5.92 Å². The average molecular weight is 423 g/mol. The van der Waals surface area contributed by atoms with Crippen LogP contribution < -0.4 is 0 Å². The smallest absolute Gasteiger partial charge is 0.171 e. The van der Waals surface area contributed by atoms with E-state index >= 15 is 0 Å². The van der Waals surface area contributed by atoms with Crippen LogP contribution in [0.2, 0.25) is 5.02 Å². The Bertz CT molecular complexity index is 1160. The van der Waals surface area contributed by atoms with Gasteiger partial charge < -0.3 is 0 Å². The van der Waals surface area contributed by atoms with Crippen molar-refractivity contribution in [3.8, 4) is 0 Å². The van der Waals surface area contributed by atoms with Crippen molar-refractivity contribution in [3.63, 3.8) is 0 Å². The number of allylic oxidation sites excluding steroid dienone is 6. The monoisotopic (exact) mass is 422 g/mol. The summed E-state index contributed by atoms with van der Waals surface area (Å²) in [5, 5.41) is 0.713. The first-order valence-electron chi connectivity index (χ1n) is 10.7. The quantitative estimate of drug-likeness (QED) is 0.428. The Hall–Kier alpha value is -3.16. The number of hydrogen-bond donors (Lipinski definition) is 0. The number of halogens is 1. The zero-order valence-electron chi connectivity index (χ0n) is 17.1. The van der Waals surface area contributed by atoms with Crippen molar-refractivity contribution < 1.29 is 4.79 Å². The summed E-state index contributed by atoms with van der Waals surface area (Å²) in [6.07, 6.45) is 9.35. The van der Waals surface area contributed by atoms with Gasteiger partial charge in [-0.05, 0) is 40.8 Å². The summed E-state index contributed by atoms with van der Waals surface area (Å²) in [6, 6.07) is 28.3. The molecular weight excluding hydrogens is 400 g/mol. The molecule has 2 aliphatic rings. The Balaban J connectivity index is 1.71. The summed E-state index contributed by atoms with van der Waals surface area (Å²) in [5.41, 5.74) is 5.31. The topological polar surface area (TPSA) is 17.1 Å². The van der Waals surface area contributed by atoms with E-state index in [1.807, 2.05) is 48.5 Å². The van der Waals surface area contributed by atoms with Crippen molar-refractivity contribution in [3.05, 3.63) is 137 Å². The van der Waals surface area contributed by atoms with Crippen LogP contribution in [-0.2, 0) is 4.79 Å². The first-order chi connectivity index (χ1) is 15.2. The molecule has 2 heteroatoms. The van der Waals surface area contributed by atoms with Crippen LogP contribution >= 0.6 is 11.6 Å². The maximum Gasteiger partial charge on any atom is 0.171 e. The molecule has 0 heterocycles. The Labute approximate surface area is 188 Å². The van der Waals surface area contributed by atoms with Gasteiger partial charge in [0.1, 0.15) is 0 Å². The molecule has 0 N–H and O–H groups in total. The highest BCUT2D eigenvalue weighted by atomic mass is 35.5. The number of rotatable bonds is 4. The van der Waals surface area contributed by atoms with E-state index in [-0.39, 0.29) is 23.5 Å². The van der Waals surface area contributed by atoms with E-state index in [4.69, 9.17) is 11.6 Å². The summed E-state index contributed by atoms with van der Waals surface area (Å²) < 4.78 is 0. The van der Waals surface area contributed by atoms with Crippen LogP contribution in [0, 0.1) is 5.92 Å². The lowest BCUT2D eigenvalue weighted by molar-refractivity contribution is -0.116. The van der Waals surface area contributed by atoms with E-state index in [1.54, 1.807) is 0 Å². The molecule has 0 fully saturated rings. The third kappa shape index (κ3) is 3.82. The molecule has 0 spiro atoms. The van der Waals surface area contributed by atoms with Crippen LogP contribution in [0.15, 0.2) is 115 Å². The molecule has 0 saturated heterocycles. The molecule has 5 rings (SSSR count). The maximum atomic E-state index is 14.2. The van der Waals surface area contributed by atoms with E-state index < -0.39 is 0 Å². The predicted octanol–water partition coefficient (Wildman–Crippen LogP) is 7.38. The van der Waals surface area contributed by atoms with Crippen LogP contribution in [0.4, 0.5) is 0 Å². The third-order valence-corrected chi connectivity index (χ3v) is 6.61. The Kier molecular flexibility index (Phi) is 5.44. The molecular formula is C29H23ClO. The first kappa shape index (κ1) is 19.8. The van der Waals surface area contributed by atoms with Crippen molar-refractivity contribution in [1.82, 2.24) is 0 Å². The minimum absolute atomic E-state index is 0.0667. The number of Topliss-reactive ketones (excluding diaryl/α,β-unsaturated/α-hetero) is 1. The Morgan fingerprint density at radius 3 is 1.97 bits per heavy atom. The van der Waals surface area contributed by atoms with E-state index in [0.717, 1.165) is 28.7 Å². The largest absolute Gasteiger partial charge is 0.293 e. The van der Waals surface area contributed by atoms with E-state index in [2.05, 4.69) is 60.7 Å². The van der Waals surface area contributed by atoms with Crippen LogP contribution in [0.25, 0.3) is 5.57 Å². The van der Waals surface area contributed by atoms with E-state index in [1.165, 1.54) is 5.57 Å². The number of carbonyl (C=O) groups excluding carboxylic acids is 1. The van der Waals surface area contributed by atoms with Gasteiger partial charge in [0, 0.05) is 22.4 Å². The standard InChI is InChI=1S/C29H23ClO/c30-24-17-15-21(16-18-24)26-19-25(20-9-7-8-10-20)27(22-11-3-1-4-12-22)29(31)28(26)23-13-5-2-6-14-23/h1-18,20,26,28H,19H2. The molecule has 0 amide bonds. The van der Waals surface area contributed by atoms with Gasteiger partial charge >= 0.3 is 0 Å². The molecule has 152 valence electrons. The molecule has 2 unspecified atom stereocenters. The minimum atomic E-state index is -0.226. The Morgan fingerprint density at radius 2 is 1.32 bits per heavy atom. The van der Waals surface area contributed by atoms with Crippen LogP contribution in [0.1, 0.15) is 34.9 Å². The molecule has 2 aliphatic carbocycles. The molecule has 0 radical (unpaired) electrons. The van der Waals surface area contributed by atoms with Gasteiger partial charge in [-0.25, -0.2) is 0 Å². The van der Waals surface area contributed by atoms with Gasteiger partial charge in [0.05, 0.1) is 5.92 Å². The summed E-state index contributed by atoms with van der Waals surface area (Å²) in [4.78, 5) is 14.2. The molecule has 0 bridgehead atoms. The zero-order valence-corrected chi connectivity index (χ0v) is 17.9. The summed E-state index contributed by atoms with van der Waals surface area (Å²) in [7, 11) is 0. The fourth-order valence-corrected chi connectivity index (χ4v) is 5.04. The average Bonchev–Trinajstić information content (AvgIpc) is 3.35. The van der Waals surface area contributed by atoms with Gasteiger partial charge in [0.2, 0.25) is 0 Å². The molecule has 0 aliphatic heterocycles. The number of carbonyl (C=O) groups is 1. The highest BCUT2D eigenvalue weighted by molar-refractivity contribution is 6.30. The van der Waals surface area contributed by atoms with Gasteiger partial charge in [-0.3, -0.25) is 4.79 Å². The molecule has 1 nitrogen and oxygen atoms in total. The second-order valence-electron chi connectivity index (χ2n) is 8.18. The highest BCUT2D eigenvalue weighted by Crippen LogP contribution is 2.49. The van der Waals surface area contributed by atoms with Crippen LogP contribution in [0.5, 0.6) is 0 Å². The van der Waals surface area contributed by atoms with Crippen molar-refractivity contribution >= 4 is 23.0 Å². The van der Waals surface area contributed by atoms with Gasteiger partial charge in [-0.2, -0.15) is 0 Å². The molecule has 3 aromatic carbocycles. The molecule has 0 aromatic heterocycles. The van der Waals surface area contributed by atoms with Crippen LogP contribution in [-0.4, -0.2) is 5.78 Å². The van der Waals surface area contributed by atoms with Crippen LogP contribution in [0.3, 0.4) is 0 Å². The number of benzene rings is 3. The minimum Gasteiger partial charge on any atom is -0.293 e. The molecule has 0 saturated carbocycles. The molecule has 31 heavy (non-hydrogen) atoms. The molecule has 2 atom stereocenters. The SMILES string of the molecule is O=C1C(c2ccccc2)=C(C2C=CC=C2)CC(c2ccc(Cl)cc2)C1c1ccccc1. The van der Waals surface area contributed by atoms with E-state index in [9.17, 15) is 4.79 Å². The van der Waals surface area contributed by atoms with Crippen molar-refractivity contribution in [2.75, 3.05) is 0 Å². The summed E-state index contributed by atoms with van der Waals surface area (Å²) in [6.45, 7) is 0. The second kappa shape index (κ2) is 8.53. The van der Waals surface area contributed by atoms with Gasteiger partial charge in [0.15, 0.2) is 5.78 Å². The second-order valence-corrected chi connectivity index (χ2v) is 8.61.